The molecule has 1 amide bonds. The standard InChI is InChI=1S/C17H21N3O2S/c1-4-9-20-12-18-10-15(20)11-23(22)16-7-5-14(6-8-16)19-17(21)13(2)3/h5-8,10,12H,2,4,9,11H2,1,3H3,(H,19,21). The Kier molecular flexibility index (Phi) is 6.01. The van der Waals surface area contributed by atoms with Crippen LogP contribution in [0.3, 0.4) is 0 Å². The van der Waals surface area contributed by atoms with Crippen LogP contribution in [0.25, 0.3) is 0 Å². The van der Waals surface area contributed by atoms with Crippen molar-refractivity contribution in [1.82, 2.24) is 9.55 Å². The minimum absolute atomic E-state index is 0.220. The van der Waals surface area contributed by atoms with Crippen LogP contribution in [-0.4, -0.2) is 20.0 Å². The van der Waals surface area contributed by atoms with Gasteiger partial charge in [-0.15, -0.1) is 0 Å². The second kappa shape index (κ2) is 7.99. The summed E-state index contributed by atoms with van der Waals surface area (Å²) in [5.41, 5.74) is 2.07. The molecule has 0 fully saturated rings. The van der Waals surface area contributed by atoms with E-state index in [2.05, 4.69) is 23.8 Å². The number of aromatic nitrogens is 2. The molecule has 0 aliphatic carbocycles. The lowest BCUT2D eigenvalue weighted by Crippen LogP contribution is -2.12. The highest BCUT2D eigenvalue weighted by atomic mass is 32.2. The molecule has 1 heterocycles. The minimum atomic E-state index is -1.15. The number of imidazole rings is 1. The molecule has 1 unspecified atom stereocenters. The number of aryl methyl sites for hydroxylation is 1. The van der Waals surface area contributed by atoms with Crippen LogP contribution in [0.2, 0.25) is 0 Å². The van der Waals surface area contributed by atoms with Crippen molar-refractivity contribution in [2.45, 2.75) is 37.5 Å². The normalized spacial score (nSPS) is 12.0. The molecule has 0 bridgehead atoms. The van der Waals surface area contributed by atoms with Crippen LogP contribution in [0.4, 0.5) is 5.69 Å². The third-order valence-electron chi connectivity index (χ3n) is 3.30. The summed E-state index contributed by atoms with van der Waals surface area (Å²) in [7, 11) is 0. The second-order valence-electron chi connectivity index (χ2n) is 5.33. The van der Waals surface area contributed by atoms with Crippen molar-refractivity contribution in [3.8, 4) is 0 Å². The van der Waals surface area contributed by atoms with E-state index in [0.29, 0.717) is 17.0 Å². The van der Waals surface area contributed by atoms with E-state index >= 15 is 0 Å². The van der Waals surface area contributed by atoms with Crippen LogP contribution >= 0.6 is 0 Å². The summed E-state index contributed by atoms with van der Waals surface area (Å²) in [6.45, 7) is 8.21. The van der Waals surface area contributed by atoms with Crippen LogP contribution in [0.1, 0.15) is 26.0 Å². The SMILES string of the molecule is C=C(C)C(=O)Nc1ccc([S+]([O-])Cc2cncn2CCC)cc1. The highest BCUT2D eigenvalue weighted by Gasteiger charge is 2.15. The number of anilines is 1. The first-order chi connectivity index (χ1) is 11.0. The Morgan fingerprint density at radius 3 is 2.70 bits per heavy atom. The quantitative estimate of drug-likeness (QED) is 0.626. The van der Waals surface area contributed by atoms with Crippen LogP contribution in [0.15, 0.2) is 53.8 Å². The summed E-state index contributed by atoms with van der Waals surface area (Å²) >= 11 is -1.15. The van der Waals surface area contributed by atoms with E-state index in [1.807, 2.05) is 4.57 Å². The topological polar surface area (TPSA) is 70.0 Å². The van der Waals surface area contributed by atoms with Gasteiger partial charge in [0.15, 0.2) is 10.6 Å². The molecule has 0 saturated carbocycles. The predicted molar refractivity (Wildman–Crippen MR) is 92.5 cm³/mol. The Morgan fingerprint density at radius 1 is 1.39 bits per heavy atom. The molecule has 2 rings (SSSR count). The molecule has 1 atom stereocenters. The fraction of sp³-hybridized carbons (Fsp3) is 0.294. The number of nitrogens with zero attached hydrogens (tertiary/aromatic N) is 2. The minimum Gasteiger partial charge on any atom is -0.611 e. The van der Waals surface area contributed by atoms with E-state index in [-0.39, 0.29) is 5.91 Å². The van der Waals surface area contributed by atoms with Gasteiger partial charge in [0, 0.05) is 17.8 Å². The first-order valence-corrected chi connectivity index (χ1v) is 8.77. The molecule has 6 heteroatoms. The Labute approximate surface area is 139 Å². The molecular formula is C17H21N3O2S. The largest absolute Gasteiger partial charge is 0.611 e. The van der Waals surface area contributed by atoms with Gasteiger partial charge in [-0.1, -0.05) is 13.5 Å². The molecule has 5 nitrogen and oxygen atoms in total. The summed E-state index contributed by atoms with van der Waals surface area (Å²) in [4.78, 5) is 16.4. The van der Waals surface area contributed by atoms with Gasteiger partial charge in [0.2, 0.25) is 0 Å². The van der Waals surface area contributed by atoms with Crippen molar-refractivity contribution in [2.24, 2.45) is 0 Å². The first kappa shape index (κ1) is 17.3. The summed E-state index contributed by atoms with van der Waals surface area (Å²) in [5, 5.41) is 2.73. The second-order valence-corrected chi connectivity index (χ2v) is 6.78. The predicted octanol–water partition coefficient (Wildman–Crippen LogP) is 3.12. The fourth-order valence-electron chi connectivity index (χ4n) is 2.06. The van der Waals surface area contributed by atoms with E-state index in [0.717, 1.165) is 23.6 Å². The Bertz CT molecular complexity index is 679. The first-order valence-electron chi connectivity index (χ1n) is 7.45. The molecule has 1 N–H and O–H groups in total. The Balaban J connectivity index is 2.02. The van der Waals surface area contributed by atoms with E-state index in [1.54, 1.807) is 43.7 Å². The average molecular weight is 331 g/mol. The number of carbonyl (C=O) groups excluding carboxylic acids is 1. The maximum Gasteiger partial charge on any atom is 0.250 e. The lowest BCUT2D eigenvalue weighted by Gasteiger charge is -2.12. The number of nitrogens with one attached hydrogen (secondary N) is 1. The molecule has 0 aliphatic heterocycles. The summed E-state index contributed by atoms with van der Waals surface area (Å²) in [6.07, 6.45) is 4.54. The van der Waals surface area contributed by atoms with Crippen LogP contribution in [0, 0.1) is 0 Å². The zero-order chi connectivity index (χ0) is 16.8. The average Bonchev–Trinajstić information content (AvgIpc) is 2.95. The molecule has 0 aliphatic rings. The zero-order valence-corrected chi connectivity index (χ0v) is 14.2. The summed E-state index contributed by atoms with van der Waals surface area (Å²) in [6, 6.07) is 7.03. The van der Waals surface area contributed by atoms with Gasteiger partial charge >= 0.3 is 0 Å². The van der Waals surface area contributed by atoms with Gasteiger partial charge in [-0.05, 0) is 48.8 Å². The molecule has 23 heavy (non-hydrogen) atoms. The van der Waals surface area contributed by atoms with Gasteiger partial charge in [0.25, 0.3) is 5.91 Å². The number of amides is 1. The van der Waals surface area contributed by atoms with Gasteiger partial charge in [0.05, 0.1) is 18.2 Å². The Hall–Kier alpha value is -2.05. The van der Waals surface area contributed by atoms with Crippen molar-refractivity contribution in [1.29, 1.82) is 0 Å². The molecule has 0 saturated heterocycles. The van der Waals surface area contributed by atoms with E-state index in [4.69, 9.17) is 0 Å². The smallest absolute Gasteiger partial charge is 0.250 e. The number of hydrogen-bond donors (Lipinski definition) is 1. The fourth-order valence-corrected chi connectivity index (χ4v) is 3.17. The summed E-state index contributed by atoms with van der Waals surface area (Å²) < 4.78 is 14.5. The van der Waals surface area contributed by atoms with Crippen LogP contribution in [-0.2, 0) is 28.3 Å². The molecule has 2 aromatic rings. The Morgan fingerprint density at radius 2 is 2.09 bits per heavy atom. The van der Waals surface area contributed by atoms with Crippen molar-refractivity contribution in [3.05, 3.63) is 54.6 Å². The molecule has 122 valence electrons. The van der Waals surface area contributed by atoms with E-state index in [1.165, 1.54) is 0 Å². The molecular weight excluding hydrogens is 310 g/mol. The number of hydrogen-bond acceptors (Lipinski definition) is 3. The van der Waals surface area contributed by atoms with Crippen molar-refractivity contribution >= 4 is 22.8 Å². The molecule has 0 spiro atoms. The maximum absolute atomic E-state index is 12.5. The molecule has 1 aromatic heterocycles. The highest BCUT2D eigenvalue weighted by Crippen LogP contribution is 2.19. The van der Waals surface area contributed by atoms with Crippen LogP contribution in [0.5, 0.6) is 0 Å². The summed E-state index contributed by atoms with van der Waals surface area (Å²) in [5.74, 6) is 0.208. The monoisotopic (exact) mass is 331 g/mol. The number of rotatable bonds is 7. The third kappa shape index (κ3) is 4.71. The van der Waals surface area contributed by atoms with Crippen LogP contribution < -0.4 is 5.32 Å². The van der Waals surface area contributed by atoms with Crippen molar-refractivity contribution < 1.29 is 9.35 Å². The van der Waals surface area contributed by atoms with Gasteiger partial charge in [-0.3, -0.25) is 4.79 Å². The van der Waals surface area contributed by atoms with E-state index < -0.39 is 11.2 Å². The van der Waals surface area contributed by atoms with Gasteiger partial charge in [-0.2, -0.15) is 0 Å². The van der Waals surface area contributed by atoms with Gasteiger partial charge in [-0.25, -0.2) is 4.98 Å². The molecule has 1 aromatic carbocycles. The van der Waals surface area contributed by atoms with Gasteiger partial charge < -0.3 is 14.4 Å². The lowest BCUT2D eigenvalue weighted by molar-refractivity contribution is -0.112. The highest BCUT2D eigenvalue weighted by molar-refractivity contribution is 7.90. The zero-order valence-electron chi connectivity index (χ0n) is 13.4. The number of carbonyl (C=O) groups is 1. The van der Waals surface area contributed by atoms with E-state index in [9.17, 15) is 9.35 Å². The maximum atomic E-state index is 12.5. The van der Waals surface area contributed by atoms with Gasteiger partial charge in [0.1, 0.15) is 0 Å². The van der Waals surface area contributed by atoms with Crippen molar-refractivity contribution in [2.75, 3.05) is 5.32 Å². The molecule has 0 radical (unpaired) electrons. The third-order valence-corrected chi connectivity index (χ3v) is 4.66. The number of benzene rings is 1. The lowest BCUT2D eigenvalue weighted by atomic mass is 10.3. The van der Waals surface area contributed by atoms with Crippen molar-refractivity contribution in [3.63, 3.8) is 0 Å².